The summed E-state index contributed by atoms with van der Waals surface area (Å²) in [5.74, 6) is 2.46. The summed E-state index contributed by atoms with van der Waals surface area (Å²) in [6.45, 7) is 2.41. The molecule has 0 fully saturated rings. The standard InChI is InChI=1S/C24H23NO5/c1-13-23(15-5-8-19(27)20(9-15)28-2)17-10-21-22(30-12-29-21)11-18(17)25-24(13)14-3-6-16(26)7-4-14/h3-11,13,23-27H,12H2,1-2H3/t13-,23+,24-/m1/s1. The lowest BCUT2D eigenvalue weighted by molar-refractivity contribution is 0.174. The maximum Gasteiger partial charge on any atom is 0.231 e. The number of rotatable bonds is 3. The number of hydrogen-bond acceptors (Lipinski definition) is 6. The number of nitrogens with one attached hydrogen (secondary N) is 1. The topological polar surface area (TPSA) is 80.2 Å². The minimum absolute atomic E-state index is 0.0169. The number of ether oxygens (including phenoxy) is 3. The highest BCUT2D eigenvalue weighted by molar-refractivity contribution is 5.67. The Hall–Kier alpha value is -3.54. The predicted octanol–water partition coefficient (Wildman–Crippen LogP) is 4.77. The first-order chi connectivity index (χ1) is 14.5. The number of hydrogen-bond donors (Lipinski definition) is 3. The molecule has 6 nitrogen and oxygen atoms in total. The average molecular weight is 405 g/mol. The van der Waals surface area contributed by atoms with Gasteiger partial charge in [-0.25, -0.2) is 0 Å². The summed E-state index contributed by atoms with van der Waals surface area (Å²) in [6, 6.07) is 16.8. The molecular formula is C24H23NO5. The largest absolute Gasteiger partial charge is 0.508 e. The third-order valence-corrected chi connectivity index (χ3v) is 6.06. The Kier molecular flexibility index (Phi) is 4.35. The highest BCUT2D eigenvalue weighted by Gasteiger charge is 2.37. The van der Waals surface area contributed by atoms with E-state index in [-0.39, 0.29) is 36.2 Å². The van der Waals surface area contributed by atoms with E-state index in [1.54, 1.807) is 25.3 Å². The number of phenols is 2. The minimum atomic E-state index is 0.0169. The highest BCUT2D eigenvalue weighted by Crippen LogP contribution is 2.52. The second-order valence-electron chi connectivity index (χ2n) is 7.77. The van der Waals surface area contributed by atoms with Crippen LogP contribution in [0.3, 0.4) is 0 Å². The first-order valence-electron chi connectivity index (χ1n) is 9.91. The SMILES string of the molecule is COc1cc([C@H]2c3cc4c(cc3N[C@@H](c3ccc(O)cc3)[C@@H]2C)OCO4)ccc1O. The fourth-order valence-electron chi connectivity index (χ4n) is 4.55. The fourth-order valence-corrected chi connectivity index (χ4v) is 4.55. The van der Waals surface area contributed by atoms with Crippen molar-refractivity contribution in [3.8, 4) is 28.7 Å². The molecule has 0 saturated carbocycles. The Morgan fingerprint density at radius 2 is 1.63 bits per heavy atom. The molecule has 0 spiro atoms. The van der Waals surface area contributed by atoms with E-state index < -0.39 is 0 Å². The van der Waals surface area contributed by atoms with Gasteiger partial charge in [0.05, 0.1) is 13.2 Å². The van der Waals surface area contributed by atoms with Gasteiger partial charge in [-0.15, -0.1) is 0 Å². The van der Waals surface area contributed by atoms with E-state index >= 15 is 0 Å². The summed E-state index contributed by atoms with van der Waals surface area (Å²) in [7, 11) is 1.55. The number of methoxy groups -OCH3 is 1. The Morgan fingerprint density at radius 1 is 0.933 bits per heavy atom. The Bertz CT molecular complexity index is 1100. The van der Waals surface area contributed by atoms with Crippen LogP contribution in [0.15, 0.2) is 54.6 Å². The van der Waals surface area contributed by atoms with Crippen LogP contribution < -0.4 is 19.5 Å². The van der Waals surface area contributed by atoms with Crippen molar-refractivity contribution in [3.63, 3.8) is 0 Å². The molecule has 3 aromatic carbocycles. The number of fused-ring (bicyclic) bond motifs is 2. The van der Waals surface area contributed by atoms with Gasteiger partial charge in [-0.2, -0.15) is 0 Å². The van der Waals surface area contributed by atoms with Crippen molar-refractivity contribution in [1.82, 2.24) is 0 Å². The first-order valence-corrected chi connectivity index (χ1v) is 9.91. The number of aromatic hydroxyl groups is 2. The van der Waals surface area contributed by atoms with E-state index in [1.165, 1.54) is 0 Å². The van der Waals surface area contributed by atoms with Crippen LogP contribution in [0.5, 0.6) is 28.7 Å². The van der Waals surface area contributed by atoms with Crippen LogP contribution in [0.2, 0.25) is 0 Å². The summed E-state index contributed by atoms with van der Waals surface area (Å²) in [5, 5.41) is 23.4. The molecule has 0 amide bonds. The van der Waals surface area contributed by atoms with Crippen molar-refractivity contribution >= 4 is 5.69 Å². The second-order valence-corrected chi connectivity index (χ2v) is 7.77. The molecule has 2 aliphatic heterocycles. The van der Waals surface area contributed by atoms with Gasteiger partial charge in [0.2, 0.25) is 6.79 Å². The molecule has 2 heterocycles. The van der Waals surface area contributed by atoms with E-state index in [2.05, 4.69) is 12.2 Å². The number of anilines is 1. The highest BCUT2D eigenvalue weighted by atomic mass is 16.7. The van der Waals surface area contributed by atoms with E-state index in [9.17, 15) is 10.2 Å². The zero-order chi connectivity index (χ0) is 20.8. The van der Waals surface area contributed by atoms with Crippen LogP contribution in [0.1, 0.15) is 35.6 Å². The molecule has 0 saturated heterocycles. The van der Waals surface area contributed by atoms with Gasteiger partial charge in [0, 0.05) is 17.7 Å². The summed E-state index contributed by atoms with van der Waals surface area (Å²) in [6.07, 6.45) is 0. The lowest BCUT2D eigenvalue weighted by Gasteiger charge is -2.40. The van der Waals surface area contributed by atoms with Crippen molar-refractivity contribution < 1.29 is 24.4 Å². The van der Waals surface area contributed by atoms with Gasteiger partial charge in [0.25, 0.3) is 0 Å². The molecule has 0 aliphatic carbocycles. The predicted molar refractivity (Wildman–Crippen MR) is 113 cm³/mol. The quantitative estimate of drug-likeness (QED) is 0.583. The van der Waals surface area contributed by atoms with Crippen molar-refractivity contribution in [2.45, 2.75) is 18.9 Å². The van der Waals surface area contributed by atoms with Crippen molar-refractivity contribution in [2.75, 3.05) is 19.2 Å². The molecule has 0 aromatic heterocycles. The van der Waals surface area contributed by atoms with Crippen LogP contribution in [-0.2, 0) is 0 Å². The molecule has 6 heteroatoms. The van der Waals surface area contributed by atoms with Crippen molar-refractivity contribution in [1.29, 1.82) is 0 Å². The van der Waals surface area contributed by atoms with E-state index in [0.717, 1.165) is 33.9 Å². The molecule has 0 unspecified atom stereocenters. The van der Waals surface area contributed by atoms with Gasteiger partial charge in [-0.1, -0.05) is 25.1 Å². The minimum Gasteiger partial charge on any atom is -0.508 e. The molecular weight excluding hydrogens is 382 g/mol. The molecule has 5 rings (SSSR count). The molecule has 2 aliphatic rings. The molecule has 30 heavy (non-hydrogen) atoms. The molecule has 3 aromatic rings. The molecule has 0 radical (unpaired) electrons. The third kappa shape index (κ3) is 2.96. The van der Waals surface area contributed by atoms with Gasteiger partial charge >= 0.3 is 0 Å². The lowest BCUT2D eigenvalue weighted by atomic mass is 9.73. The molecule has 3 atom stereocenters. The van der Waals surface area contributed by atoms with E-state index in [4.69, 9.17) is 14.2 Å². The lowest BCUT2D eigenvalue weighted by Crippen LogP contribution is -2.30. The van der Waals surface area contributed by atoms with Gasteiger partial charge < -0.3 is 29.7 Å². The maximum atomic E-state index is 10.1. The summed E-state index contributed by atoms with van der Waals surface area (Å²) in [4.78, 5) is 0. The monoisotopic (exact) mass is 405 g/mol. The van der Waals surface area contributed by atoms with Crippen molar-refractivity contribution in [3.05, 3.63) is 71.3 Å². The van der Waals surface area contributed by atoms with Gasteiger partial charge in [-0.3, -0.25) is 0 Å². The molecule has 154 valence electrons. The molecule has 3 N–H and O–H groups in total. The smallest absolute Gasteiger partial charge is 0.231 e. The summed E-state index contributed by atoms with van der Waals surface area (Å²) >= 11 is 0. The Balaban J connectivity index is 1.66. The summed E-state index contributed by atoms with van der Waals surface area (Å²) in [5.41, 5.74) is 4.21. The second kappa shape index (κ2) is 7.06. The van der Waals surface area contributed by atoms with Crippen LogP contribution in [0.25, 0.3) is 0 Å². The van der Waals surface area contributed by atoms with Crippen LogP contribution in [-0.4, -0.2) is 24.1 Å². The van der Waals surface area contributed by atoms with Crippen molar-refractivity contribution in [2.24, 2.45) is 5.92 Å². The maximum absolute atomic E-state index is 10.1. The zero-order valence-electron chi connectivity index (χ0n) is 16.8. The van der Waals surface area contributed by atoms with E-state index in [1.807, 2.05) is 36.4 Å². The van der Waals surface area contributed by atoms with Gasteiger partial charge in [-0.05, 0) is 52.9 Å². The van der Waals surface area contributed by atoms with Crippen LogP contribution in [0.4, 0.5) is 5.69 Å². The number of benzene rings is 3. The van der Waals surface area contributed by atoms with E-state index in [0.29, 0.717) is 5.75 Å². The normalized spacial score (nSPS) is 21.6. The van der Waals surface area contributed by atoms with Crippen LogP contribution >= 0.6 is 0 Å². The fraction of sp³-hybridized carbons (Fsp3) is 0.250. The van der Waals surface area contributed by atoms with Gasteiger partial charge in [0.1, 0.15) is 5.75 Å². The summed E-state index contributed by atoms with van der Waals surface area (Å²) < 4.78 is 16.6. The molecule has 0 bridgehead atoms. The zero-order valence-corrected chi connectivity index (χ0v) is 16.8. The number of phenolic OH excluding ortho intramolecular Hbond substituents is 2. The average Bonchev–Trinajstić information content (AvgIpc) is 3.21. The Labute approximate surface area is 174 Å². The Morgan fingerprint density at radius 3 is 2.37 bits per heavy atom. The van der Waals surface area contributed by atoms with Gasteiger partial charge in [0.15, 0.2) is 23.0 Å². The first kappa shape index (κ1) is 18.5. The third-order valence-electron chi connectivity index (χ3n) is 6.06. The van der Waals surface area contributed by atoms with Crippen LogP contribution in [0, 0.1) is 5.92 Å².